The number of carbonyl (C=O) groups excluding carboxylic acids is 1. The Bertz CT molecular complexity index is 1000. The summed E-state index contributed by atoms with van der Waals surface area (Å²) in [6, 6.07) is 16.1. The smallest absolute Gasteiger partial charge is 0.224 e. The highest BCUT2D eigenvalue weighted by Crippen LogP contribution is 2.29. The number of hydrogen-bond donors (Lipinski definition) is 2. The van der Waals surface area contributed by atoms with E-state index in [4.69, 9.17) is 4.98 Å². The maximum Gasteiger partial charge on any atom is 0.224 e. The summed E-state index contributed by atoms with van der Waals surface area (Å²) in [5.41, 5.74) is 5.16. The molecule has 0 saturated carbocycles. The van der Waals surface area contributed by atoms with Crippen molar-refractivity contribution in [3.8, 4) is 11.3 Å². The van der Waals surface area contributed by atoms with E-state index in [0.29, 0.717) is 12.3 Å². The van der Waals surface area contributed by atoms with Crippen LogP contribution in [0.3, 0.4) is 0 Å². The summed E-state index contributed by atoms with van der Waals surface area (Å²) in [5, 5.41) is 9.28. The zero-order valence-electron chi connectivity index (χ0n) is 18.5. The van der Waals surface area contributed by atoms with E-state index in [1.165, 1.54) is 5.56 Å². The third-order valence-corrected chi connectivity index (χ3v) is 5.47. The molecule has 0 saturated heterocycles. The molecule has 3 aromatic rings. The van der Waals surface area contributed by atoms with E-state index in [9.17, 15) is 4.79 Å². The normalized spacial score (nSPS) is 12.4. The number of benzene rings is 2. The molecule has 4 nitrogen and oxygen atoms in total. The van der Waals surface area contributed by atoms with Gasteiger partial charge in [0, 0.05) is 28.7 Å². The Hall–Kier alpha value is -2.66. The summed E-state index contributed by atoms with van der Waals surface area (Å²) in [5.74, 6) is 0.408. The Morgan fingerprint density at radius 2 is 1.83 bits per heavy atom. The predicted octanol–water partition coefficient (Wildman–Crippen LogP) is 7.26. The van der Waals surface area contributed by atoms with Crippen LogP contribution in [0.4, 0.5) is 16.5 Å². The standard InChI is InChI=1S/C25H31N3OS/c1-17-8-6-10-20(12-17)27-24-28-22(16-30-24)19-9-7-11-21(14-19)26-23(29)13-18(2)15-25(3,4)5/h6-12,14,16,18H,13,15H2,1-5H3,(H,26,29)(H,27,28)/t18-/m1/s1. The lowest BCUT2D eigenvalue weighted by molar-refractivity contribution is -0.117. The number of nitrogens with one attached hydrogen (secondary N) is 2. The highest BCUT2D eigenvalue weighted by atomic mass is 32.1. The van der Waals surface area contributed by atoms with Crippen LogP contribution >= 0.6 is 11.3 Å². The second kappa shape index (κ2) is 9.43. The van der Waals surface area contributed by atoms with Gasteiger partial charge in [-0.25, -0.2) is 4.98 Å². The number of nitrogens with zero attached hydrogens (tertiary/aromatic N) is 1. The first-order valence-electron chi connectivity index (χ1n) is 10.4. The van der Waals surface area contributed by atoms with Gasteiger partial charge in [0.05, 0.1) is 5.69 Å². The van der Waals surface area contributed by atoms with Gasteiger partial charge in [-0.15, -0.1) is 11.3 Å². The summed E-state index contributed by atoms with van der Waals surface area (Å²) >= 11 is 1.57. The zero-order valence-corrected chi connectivity index (χ0v) is 19.3. The molecule has 5 heteroatoms. The number of aromatic nitrogens is 1. The van der Waals surface area contributed by atoms with Gasteiger partial charge in [0.15, 0.2) is 5.13 Å². The van der Waals surface area contributed by atoms with Crippen molar-refractivity contribution in [2.45, 2.75) is 47.5 Å². The van der Waals surface area contributed by atoms with Gasteiger partial charge in [0.25, 0.3) is 0 Å². The van der Waals surface area contributed by atoms with Crippen LogP contribution < -0.4 is 10.6 Å². The van der Waals surface area contributed by atoms with Crippen molar-refractivity contribution >= 4 is 33.8 Å². The fourth-order valence-electron chi connectivity index (χ4n) is 3.71. The minimum Gasteiger partial charge on any atom is -0.332 e. The van der Waals surface area contributed by atoms with Crippen LogP contribution in [0.1, 0.15) is 46.1 Å². The van der Waals surface area contributed by atoms with E-state index < -0.39 is 0 Å². The van der Waals surface area contributed by atoms with Crippen LogP contribution in [0.5, 0.6) is 0 Å². The van der Waals surface area contributed by atoms with Gasteiger partial charge >= 0.3 is 0 Å². The first kappa shape index (κ1) is 22.0. The molecule has 1 amide bonds. The van der Waals surface area contributed by atoms with Crippen molar-refractivity contribution in [1.82, 2.24) is 4.98 Å². The van der Waals surface area contributed by atoms with Gasteiger partial charge in [-0.2, -0.15) is 0 Å². The average molecular weight is 422 g/mol. The molecule has 0 aliphatic rings. The molecule has 2 aromatic carbocycles. The molecule has 30 heavy (non-hydrogen) atoms. The van der Waals surface area contributed by atoms with Gasteiger partial charge in [0.1, 0.15) is 0 Å². The molecule has 1 heterocycles. The van der Waals surface area contributed by atoms with E-state index in [1.54, 1.807) is 11.3 Å². The topological polar surface area (TPSA) is 54.0 Å². The summed E-state index contributed by atoms with van der Waals surface area (Å²) in [6.45, 7) is 10.8. The lowest BCUT2D eigenvalue weighted by atomic mass is 9.84. The summed E-state index contributed by atoms with van der Waals surface area (Å²) in [6.07, 6.45) is 1.55. The largest absolute Gasteiger partial charge is 0.332 e. The Balaban J connectivity index is 1.64. The zero-order chi connectivity index (χ0) is 21.7. The number of anilines is 3. The van der Waals surface area contributed by atoms with Crippen LogP contribution in [-0.2, 0) is 4.79 Å². The van der Waals surface area contributed by atoms with Crippen LogP contribution in [0.15, 0.2) is 53.9 Å². The van der Waals surface area contributed by atoms with E-state index in [2.05, 4.69) is 57.4 Å². The van der Waals surface area contributed by atoms with E-state index in [0.717, 1.165) is 34.2 Å². The molecule has 2 N–H and O–H groups in total. The van der Waals surface area contributed by atoms with Crippen LogP contribution in [0.25, 0.3) is 11.3 Å². The first-order chi connectivity index (χ1) is 14.2. The number of aryl methyl sites for hydroxylation is 1. The van der Waals surface area contributed by atoms with E-state index in [-0.39, 0.29) is 11.3 Å². The summed E-state index contributed by atoms with van der Waals surface area (Å²) in [4.78, 5) is 17.2. The summed E-state index contributed by atoms with van der Waals surface area (Å²) in [7, 11) is 0. The van der Waals surface area contributed by atoms with Gasteiger partial charge in [-0.1, -0.05) is 52.0 Å². The molecule has 0 aliphatic carbocycles. The molecule has 3 rings (SSSR count). The van der Waals surface area contributed by atoms with Crippen molar-refractivity contribution in [3.05, 3.63) is 59.5 Å². The van der Waals surface area contributed by atoms with Crippen LogP contribution in [0, 0.1) is 18.3 Å². The number of thiazole rings is 1. The summed E-state index contributed by atoms with van der Waals surface area (Å²) < 4.78 is 0. The lowest BCUT2D eigenvalue weighted by Crippen LogP contribution is -2.18. The monoisotopic (exact) mass is 421 g/mol. The SMILES string of the molecule is Cc1cccc(Nc2nc(-c3cccc(NC(=O)C[C@@H](C)CC(C)(C)C)c3)cs2)c1. The molecule has 1 aromatic heterocycles. The minimum atomic E-state index is 0.0592. The predicted molar refractivity (Wildman–Crippen MR) is 128 cm³/mol. The molecule has 0 bridgehead atoms. The van der Waals surface area contributed by atoms with Crippen molar-refractivity contribution in [2.75, 3.05) is 10.6 Å². The molecule has 0 fully saturated rings. The number of hydrogen-bond acceptors (Lipinski definition) is 4. The third-order valence-electron chi connectivity index (χ3n) is 4.71. The quantitative estimate of drug-likeness (QED) is 0.422. The molecule has 0 radical (unpaired) electrons. The Kier molecular flexibility index (Phi) is 6.93. The fraction of sp³-hybridized carbons (Fsp3) is 0.360. The maximum atomic E-state index is 12.5. The van der Waals surface area contributed by atoms with Crippen LogP contribution in [0.2, 0.25) is 0 Å². The minimum absolute atomic E-state index is 0.0592. The van der Waals surface area contributed by atoms with E-state index >= 15 is 0 Å². The molecule has 1 atom stereocenters. The molecule has 158 valence electrons. The van der Waals surface area contributed by atoms with Gasteiger partial charge < -0.3 is 10.6 Å². The molecular weight excluding hydrogens is 390 g/mol. The molecule has 0 unspecified atom stereocenters. The number of rotatable bonds is 7. The number of carbonyl (C=O) groups is 1. The van der Waals surface area contributed by atoms with E-state index in [1.807, 2.05) is 41.8 Å². The van der Waals surface area contributed by atoms with Crippen LogP contribution in [-0.4, -0.2) is 10.9 Å². The Labute approximate surface area is 183 Å². The van der Waals surface area contributed by atoms with Gasteiger partial charge in [-0.05, 0) is 54.5 Å². The van der Waals surface area contributed by atoms with Crippen molar-refractivity contribution in [2.24, 2.45) is 11.3 Å². The van der Waals surface area contributed by atoms with Crippen molar-refractivity contribution in [1.29, 1.82) is 0 Å². The lowest BCUT2D eigenvalue weighted by Gasteiger charge is -2.22. The molecule has 0 aliphatic heterocycles. The Morgan fingerprint density at radius 1 is 1.10 bits per heavy atom. The Morgan fingerprint density at radius 3 is 2.57 bits per heavy atom. The van der Waals surface area contributed by atoms with Crippen molar-refractivity contribution in [3.63, 3.8) is 0 Å². The average Bonchev–Trinajstić information content (AvgIpc) is 3.08. The highest BCUT2D eigenvalue weighted by molar-refractivity contribution is 7.14. The fourth-order valence-corrected chi connectivity index (χ4v) is 4.45. The van der Waals surface area contributed by atoms with Gasteiger partial charge in [0.2, 0.25) is 5.91 Å². The second-order valence-corrected chi connectivity index (χ2v) is 10.1. The third kappa shape index (κ3) is 6.70. The highest BCUT2D eigenvalue weighted by Gasteiger charge is 2.18. The van der Waals surface area contributed by atoms with Crippen molar-refractivity contribution < 1.29 is 4.79 Å². The second-order valence-electron chi connectivity index (χ2n) is 9.24. The molecular formula is C25H31N3OS. The first-order valence-corrected chi connectivity index (χ1v) is 11.3. The number of amides is 1. The maximum absolute atomic E-state index is 12.5. The molecule has 0 spiro atoms. The van der Waals surface area contributed by atoms with Gasteiger partial charge in [-0.3, -0.25) is 4.79 Å².